The lowest BCUT2D eigenvalue weighted by Crippen LogP contribution is -2.11. The Labute approximate surface area is 124 Å². The minimum Gasteiger partial charge on any atom is -0.466 e. The van der Waals surface area contributed by atoms with Crippen molar-refractivity contribution in [1.29, 1.82) is 0 Å². The van der Waals surface area contributed by atoms with Crippen LogP contribution in [0.2, 0.25) is 0 Å². The summed E-state index contributed by atoms with van der Waals surface area (Å²) in [6.07, 6.45) is 5.58. The second-order valence-corrected chi connectivity index (χ2v) is 4.86. The maximum atomic E-state index is 11.3. The normalized spacial score (nSPS) is 12.1. The SMILES string of the molecule is CCOC(=O)CCCC(N)c1cnn(-c2ccccc2)c1. The molecule has 0 bridgehead atoms. The zero-order valence-corrected chi connectivity index (χ0v) is 12.2. The number of carbonyl (C=O) groups is 1. The Morgan fingerprint density at radius 3 is 2.86 bits per heavy atom. The average molecular weight is 287 g/mol. The van der Waals surface area contributed by atoms with Crippen LogP contribution in [0.25, 0.3) is 5.69 Å². The number of aromatic nitrogens is 2. The standard InChI is InChI=1S/C16H21N3O2/c1-2-21-16(20)10-6-9-15(17)13-11-18-19(12-13)14-7-4-3-5-8-14/h3-5,7-8,11-12,15H,2,6,9-10,17H2,1H3. The van der Waals surface area contributed by atoms with Crippen LogP contribution in [0.5, 0.6) is 0 Å². The van der Waals surface area contributed by atoms with Gasteiger partial charge in [0, 0.05) is 24.2 Å². The molecule has 5 heteroatoms. The van der Waals surface area contributed by atoms with E-state index in [1.165, 1.54) is 0 Å². The largest absolute Gasteiger partial charge is 0.466 e. The number of hydrogen-bond donors (Lipinski definition) is 1. The molecule has 0 fully saturated rings. The second-order valence-electron chi connectivity index (χ2n) is 4.86. The molecule has 112 valence electrons. The van der Waals surface area contributed by atoms with Gasteiger partial charge in [-0.15, -0.1) is 0 Å². The fourth-order valence-corrected chi connectivity index (χ4v) is 2.12. The lowest BCUT2D eigenvalue weighted by molar-refractivity contribution is -0.143. The molecule has 0 aliphatic carbocycles. The Morgan fingerprint density at radius 1 is 1.38 bits per heavy atom. The molecule has 1 aromatic heterocycles. The fraction of sp³-hybridized carbons (Fsp3) is 0.375. The third kappa shape index (κ3) is 4.43. The molecule has 2 N–H and O–H groups in total. The number of hydrogen-bond acceptors (Lipinski definition) is 4. The molecular formula is C16H21N3O2. The van der Waals surface area contributed by atoms with Gasteiger partial charge in [0.15, 0.2) is 0 Å². The molecule has 0 amide bonds. The van der Waals surface area contributed by atoms with Crippen LogP contribution in [0, 0.1) is 0 Å². The fourth-order valence-electron chi connectivity index (χ4n) is 2.12. The zero-order chi connectivity index (χ0) is 15.1. The molecule has 21 heavy (non-hydrogen) atoms. The summed E-state index contributed by atoms with van der Waals surface area (Å²) in [5.74, 6) is -0.162. The van der Waals surface area contributed by atoms with Gasteiger partial charge < -0.3 is 10.5 Å². The second kappa shape index (κ2) is 7.59. The van der Waals surface area contributed by atoms with E-state index >= 15 is 0 Å². The maximum Gasteiger partial charge on any atom is 0.305 e. The highest BCUT2D eigenvalue weighted by Crippen LogP contribution is 2.18. The smallest absolute Gasteiger partial charge is 0.305 e. The van der Waals surface area contributed by atoms with Crippen LogP contribution < -0.4 is 5.73 Å². The summed E-state index contributed by atoms with van der Waals surface area (Å²) in [6, 6.07) is 9.77. The van der Waals surface area contributed by atoms with Crippen LogP contribution in [0.4, 0.5) is 0 Å². The summed E-state index contributed by atoms with van der Waals surface area (Å²) in [7, 11) is 0. The van der Waals surface area contributed by atoms with Crippen LogP contribution in [-0.2, 0) is 9.53 Å². The van der Waals surface area contributed by atoms with Crippen LogP contribution in [0.15, 0.2) is 42.7 Å². The van der Waals surface area contributed by atoms with E-state index in [2.05, 4.69) is 5.10 Å². The molecule has 0 aliphatic rings. The summed E-state index contributed by atoms with van der Waals surface area (Å²) in [4.78, 5) is 11.3. The van der Waals surface area contributed by atoms with Crippen molar-refractivity contribution in [3.63, 3.8) is 0 Å². The summed E-state index contributed by atoms with van der Waals surface area (Å²) < 4.78 is 6.70. The van der Waals surface area contributed by atoms with Crippen LogP contribution >= 0.6 is 0 Å². The quantitative estimate of drug-likeness (QED) is 0.795. The molecule has 1 aromatic carbocycles. The van der Waals surface area contributed by atoms with Gasteiger partial charge in [0.1, 0.15) is 0 Å². The molecule has 0 saturated heterocycles. The Hall–Kier alpha value is -2.14. The first-order chi connectivity index (χ1) is 10.2. The van der Waals surface area contributed by atoms with Crippen molar-refractivity contribution in [3.8, 4) is 5.69 Å². The van der Waals surface area contributed by atoms with Crippen molar-refractivity contribution in [2.24, 2.45) is 5.73 Å². The van der Waals surface area contributed by atoms with Gasteiger partial charge in [-0.1, -0.05) is 18.2 Å². The molecule has 2 rings (SSSR count). The minimum atomic E-state index is -0.162. The van der Waals surface area contributed by atoms with Gasteiger partial charge in [-0.25, -0.2) is 4.68 Å². The highest BCUT2D eigenvalue weighted by molar-refractivity contribution is 5.69. The first kappa shape index (κ1) is 15.3. The summed E-state index contributed by atoms with van der Waals surface area (Å²) >= 11 is 0. The van der Waals surface area contributed by atoms with Gasteiger partial charge >= 0.3 is 5.97 Å². The maximum absolute atomic E-state index is 11.3. The molecule has 0 saturated carbocycles. The Balaban J connectivity index is 1.88. The predicted octanol–water partition coefficient (Wildman–Crippen LogP) is 2.61. The zero-order valence-electron chi connectivity index (χ0n) is 12.2. The van der Waals surface area contributed by atoms with Crippen molar-refractivity contribution in [2.75, 3.05) is 6.61 Å². The lowest BCUT2D eigenvalue weighted by Gasteiger charge is -2.08. The highest BCUT2D eigenvalue weighted by Gasteiger charge is 2.10. The number of esters is 1. The monoisotopic (exact) mass is 287 g/mol. The molecular weight excluding hydrogens is 266 g/mol. The lowest BCUT2D eigenvalue weighted by atomic mass is 10.1. The van der Waals surface area contributed by atoms with E-state index in [9.17, 15) is 4.79 Å². The van der Waals surface area contributed by atoms with Crippen molar-refractivity contribution < 1.29 is 9.53 Å². The molecule has 1 heterocycles. The number of nitrogens with zero attached hydrogens (tertiary/aromatic N) is 2. The van der Waals surface area contributed by atoms with Gasteiger partial charge in [0.2, 0.25) is 0 Å². The van der Waals surface area contributed by atoms with E-state index in [-0.39, 0.29) is 12.0 Å². The molecule has 5 nitrogen and oxygen atoms in total. The topological polar surface area (TPSA) is 70.1 Å². The van der Waals surface area contributed by atoms with Gasteiger partial charge in [-0.2, -0.15) is 5.10 Å². The van der Waals surface area contributed by atoms with Crippen molar-refractivity contribution in [2.45, 2.75) is 32.2 Å². The van der Waals surface area contributed by atoms with Crippen LogP contribution in [0.1, 0.15) is 37.8 Å². The summed E-state index contributed by atoms with van der Waals surface area (Å²) in [6.45, 7) is 2.23. The number of rotatable bonds is 7. The predicted molar refractivity (Wildman–Crippen MR) is 81.0 cm³/mol. The molecule has 2 aromatic rings. The molecule has 0 radical (unpaired) electrons. The molecule has 0 aliphatic heterocycles. The first-order valence-corrected chi connectivity index (χ1v) is 7.22. The average Bonchev–Trinajstić information content (AvgIpc) is 2.98. The van der Waals surface area contributed by atoms with Crippen LogP contribution in [-0.4, -0.2) is 22.4 Å². The van der Waals surface area contributed by atoms with E-state index in [1.54, 1.807) is 10.9 Å². The van der Waals surface area contributed by atoms with Crippen molar-refractivity contribution in [1.82, 2.24) is 9.78 Å². The summed E-state index contributed by atoms with van der Waals surface area (Å²) in [5, 5.41) is 4.33. The van der Waals surface area contributed by atoms with E-state index in [0.29, 0.717) is 13.0 Å². The van der Waals surface area contributed by atoms with E-state index < -0.39 is 0 Å². The number of ether oxygens (including phenoxy) is 1. The molecule has 1 unspecified atom stereocenters. The Bertz CT molecular complexity index is 566. The van der Waals surface area contributed by atoms with E-state index in [0.717, 1.165) is 24.1 Å². The number of benzene rings is 1. The summed E-state index contributed by atoms with van der Waals surface area (Å²) in [5.41, 5.74) is 8.12. The molecule has 1 atom stereocenters. The van der Waals surface area contributed by atoms with Gasteiger partial charge in [-0.3, -0.25) is 4.79 Å². The van der Waals surface area contributed by atoms with Crippen molar-refractivity contribution >= 4 is 5.97 Å². The third-order valence-corrected chi connectivity index (χ3v) is 3.25. The van der Waals surface area contributed by atoms with E-state index in [1.807, 2.05) is 43.5 Å². The van der Waals surface area contributed by atoms with Crippen molar-refractivity contribution in [3.05, 3.63) is 48.3 Å². The van der Waals surface area contributed by atoms with Gasteiger partial charge in [0.05, 0.1) is 18.5 Å². The minimum absolute atomic E-state index is 0.114. The van der Waals surface area contributed by atoms with Gasteiger partial charge in [-0.05, 0) is 31.9 Å². The Morgan fingerprint density at radius 2 is 2.14 bits per heavy atom. The first-order valence-electron chi connectivity index (χ1n) is 7.22. The third-order valence-electron chi connectivity index (χ3n) is 3.25. The van der Waals surface area contributed by atoms with Gasteiger partial charge in [0.25, 0.3) is 0 Å². The number of para-hydroxylation sites is 1. The Kier molecular flexibility index (Phi) is 5.51. The number of carbonyl (C=O) groups excluding carboxylic acids is 1. The van der Waals surface area contributed by atoms with E-state index in [4.69, 9.17) is 10.5 Å². The number of nitrogens with two attached hydrogens (primary N) is 1. The highest BCUT2D eigenvalue weighted by atomic mass is 16.5. The molecule has 0 spiro atoms. The van der Waals surface area contributed by atoms with Crippen LogP contribution in [0.3, 0.4) is 0 Å².